The van der Waals surface area contributed by atoms with Crippen molar-refractivity contribution >= 4 is 27.4 Å². The van der Waals surface area contributed by atoms with Crippen LogP contribution in [0.4, 0.5) is 5.82 Å². The van der Waals surface area contributed by atoms with Crippen LogP contribution < -0.4 is 4.90 Å². The van der Waals surface area contributed by atoms with Gasteiger partial charge in [0.1, 0.15) is 22.6 Å². The first kappa shape index (κ1) is 15.1. The Morgan fingerprint density at radius 1 is 1.00 bits per heavy atom. The van der Waals surface area contributed by atoms with E-state index in [1.165, 1.54) is 9.71 Å². The molecule has 3 aromatic rings. The summed E-state index contributed by atoms with van der Waals surface area (Å²) in [5, 5.41) is 10.2. The van der Waals surface area contributed by atoms with Crippen LogP contribution in [0.15, 0.2) is 42.5 Å². The molecule has 6 heteroatoms. The first-order chi connectivity index (χ1) is 11.8. The number of para-hydroxylation sites is 1. The van der Waals surface area contributed by atoms with Crippen LogP contribution in [0.25, 0.3) is 10.2 Å². The van der Waals surface area contributed by atoms with Gasteiger partial charge in [0.2, 0.25) is 0 Å². The molecule has 1 aliphatic rings. The van der Waals surface area contributed by atoms with Crippen molar-refractivity contribution in [3.63, 3.8) is 0 Å². The first-order valence-corrected chi connectivity index (χ1v) is 8.82. The molecule has 2 aromatic heterocycles. The Hall–Kier alpha value is -2.49. The minimum Gasteiger partial charge on any atom is -0.354 e. The van der Waals surface area contributed by atoms with Gasteiger partial charge in [-0.25, -0.2) is 9.97 Å². The van der Waals surface area contributed by atoms with Crippen molar-refractivity contribution in [2.45, 2.75) is 6.54 Å². The normalized spacial score (nSPS) is 15.5. The van der Waals surface area contributed by atoms with Gasteiger partial charge >= 0.3 is 0 Å². The Labute approximate surface area is 144 Å². The highest BCUT2D eigenvalue weighted by Crippen LogP contribution is 2.23. The average molecular weight is 335 g/mol. The Morgan fingerprint density at radius 2 is 1.83 bits per heavy atom. The van der Waals surface area contributed by atoms with E-state index in [1.54, 1.807) is 17.4 Å². The molecule has 0 amide bonds. The SMILES string of the molecule is N#Cc1cccc(N2CCN(Cc3nc4ccccc4s3)CC2)n1. The molecule has 120 valence electrons. The maximum atomic E-state index is 8.98. The van der Waals surface area contributed by atoms with Crippen molar-refractivity contribution in [2.24, 2.45) is 0 Å². The number of nitriles is 1. The predicted molar refractivity (Wildman–Crippen MR) is 96.1 cm³/mol. The van der Waals surface area contributed by atoms with Gasteiger partial charge in [-0.15, -0.1) is 11.3 Å². The molecule has 0 unspecified atom stereocenters. The summed E-state index contributed by atoms with van der Waals surface area (Å²) < 4.78 is 1.25. The third kappa shape index (κ3) is 3.09. The second kappa shape index (κ2) is 6.56. The molecule has 0 radical (unpaired) electrons. The molecule has 4 rings (SSSR count). The van der Waals surface area contributed by atoms with E-state index < -0.39 is 0 Å². The van der Waals surface area contributed by atoms with Crippen LogP contribution in [0.3, 0.4) is 0 Å². The van der Waals surface area contributed by atoms with Gasteiger partial charge in [-0.2, -0.15) is 5.26 Å². The number of hydrogen-bond acceptors (Lipinski definition) is 6. The topological polar surface area (TPSA) is 56.1 Å². The minimum absolute atomic E-state index is 0.476. The fraction of sp³-hybridized carbons (Fsp3) is 0.278. The summed E-state index contributed by atoms with van der Waals surface area (Å²) in [6.45, 7) is 4.71. The van der Waals surface area contributed by atoms with Crippen molar-refractivity contribution in [2.75, 3.05) is 31.1 Å². The zero-order chi connectivity index (χ0) is 16.4. The number of rotatable bonds is 3. The van der Waals surface area contributed by atoms with Crippen LogP contribution in [0.1, 0.15) is 10.7 Å². The monoisotopic (exact) mass is 335 g/mol. The van der Waals surface area contributed by atoms with Crippen LogP contribution in [0, 0.1) is 11.3 Å². The smallest absolute Gasteiger partial charge is 0.142 e. The largest absolute Gasteiger partial charge is 0.354 e. The molecular weight excluding hydrogens is 318 g/mol. The minimum atomic E-state index is 0.476. The summed E-state index contributed by atoms with van der Waals surface area (Å²) >= 11 is 1.78. The molecule has 0 saturated carbocycles. The van der Waals surface area contributed by atoms with Crippen molar-refractivity contribution in [3.8, 4) is 6.07 Å². The van der Waals surface area contributed by atoms with Crippen LogP contribution in [-0.2, 0) is 6.54 Å². The standard InChI is InChI=1S/C18H17N5S/c19-12-14-4-3-7-17(20-14)23-10-8-22(9-11-23)13-18-21-15-5-1-2-6-16(15)24-18/h1-7H,8-11,13H2. The molecule has 24 heavy (non-hydrogen) atoms. The number of hydrogen-bond donors (Lipinski definition) is 0. The lowest BCUT2D eigenvalue weighted by atomic mass is 10.3. The van der Waals surface area contributed by atoms with Crippen molar-refractivity contribution in [3.05, 3.63) is 53.2 Å². The fourth-order valence-electron chi connectivity index (χ4n) is 2.98. The molecule has 1 saturated heterocycles. The Bertz CT molecular complexity index is 857. The maximum Gasteiger partial charge on any atom is 0.142 e. The lowest BCUT2D eigenvalue weighted by molar-refractivity contribution is 0.249. The van der Waals surface area contributed by atoms with E-state index >= 15 is 0 Å². The number of anilines is 1. The van der Waals surface area contributed by atoms with Gasteiger partial charge in [-0.05, 0) is 24.3 Å². The van der Waals surface area contributed by atoms with E-state index in [-0.39, 0.29) is 0 Å². The lowest BCUT2D eigenvalue weighted by Crippen LogP contribution is -2.46. The van der Waals surface area contributed by atoms with Gasteiger partial charge in [-0.3, -0.25) is 4.90 Å². The van der Waals surface area contributed by atoms with Crippen molar-refractivity contribution in [1.29, 1.82) is 5.26 Å². The van der Waals surface area contributed by atoms with Crippen molar-refractivity contribution < 1.29 is 0 Å². The molecule has 3 heterocycles. The van der Waals surface area contributed by atoms with Gasteiger partial charge in [0, 0.05) is 26.2 Å². The summed E-state index contributed by atoms with van der Waals surface area (Å²) in [5.41, 5.74) is 1.57. The Balaban J connectivity index is 1.40. The van der Waals surface area contributed by atoms with Crippen molar-refractivity contribution in [1.82, 2.24) is 14.9 Å². The molecule has 5 nitrogen and oxygen atoms in total. The van der Waals surface area contributed by atoms with E-state index in [2.05, 4.69) is 39.1 Å². The number of pyridine rings is 1. The van der Waals surface area contributed by atoms with Gasteiger partial charge in [0.05, 0.1) is 16.8 Å². The summed E-state index contributed by atoms with van der Waals surface area (Å²) in [5.74, 6) is 0.897. The number of fused-ring (bicyclic) bond motifs is 1. The van der Waals surface area contributed by atoms with E-state index in [1.807, 2.05) is 18.2 Å². The van der Waals surface area contributed by atoms with E-state index in [0.29, 0.717) is 5.69 Å². The highest BCUT2D eigenvalue weighted by molar-refractivity contribution is 7.18. The highest BCUT2D eigenvalue weighted by Gasteiger charge is 2.19. The second-order valence-electron chi connectivity index (χ2n) is 5.83. The summed E-state index contributed by atoms with van der Waals surface area (Å²) in [4.78, 5) is 13.8. The molecule has 1 aromatic carbocycles. The zero-order valence-electron chi connectivity index (χ0n) is 13.2. The molecule has 0 N–H and O–H groups in total. The molecule has 0 atom stereocenters. The van der Waals surface area contributed by atoms with Crippen LogP contribution in [0.5, 0.6) is 0 Å². The van der Waals surface area contributed by atoms with Gasteiger partial charge in [0.25, 0.3) is 0 Å². The van der Waals surface area contributed by atoms with E-state index in [0.717, 1.165) is 44.1 Å². The van der Waals surface area contributed by atoms with Gasteiger partial charge in [0.15, 0.2) is 0 Å². The predicted octanol–water partition coefficient (Wildman–Crippen LogP) is 2.89. The van der Waals surface area contributed by atoms with E-state index in [4.69, 9.17) is 10.2 Å². The average Bonchev–Trinajstić information content (AvgIpc) is 3.04. The zero-order valence-corrected chi connectivity index (χ0v) is 14.0. The third-order valence-corrected chi connectivity index (χ3v) is 5.26. The Kier molecular flexibility index (Phi) is 4.11. The maximum absolute atomic E-state index is 8.98. The molecule has 1 fully saturated rings. The summed E-state index contributed by atoms with van der Waals surface area (Å²) in [6, 6.07) is 16.0. The number of nitrogens with zero attached hydrogens (tertiary/aromatic N) is 5. The lowest BCUT2D eigenvalue weighted by Gasteiger charge is -2.34. The number of benzene rings is 1. The number of piperazine rings is 1. The molecule has 0 bridgehead atoms. The quantitative estimate of drug-likeness (QED) is 0.737. The van der Waals surface area contributed by atoms with Crippen LogP contribution >= 0.6 is 11.3 Å². The number of thiazole rings is 1. The summed E-state index contributed by atoms with van der Waals surface area (Å²) in [7, 11) is 0. The number of aromatic nitrogens is 2. The first-order valence-electron chi connectivity index (χ1n) is 8.01. The van der Waals surface area contributed by atoms with Crippen LogP contribution in [0.2, 0.25) is 0 Å². The summed E-state index contributed by atoms with van der Waals surface area (Å²) in [6.07, 6.45) is 0. The van der Waals surface area contributed by atoms with Crippen LogP contribution in [-0.4, -0.2) is 41.0 Å². The molecule has 0 aliphatic carbocycles. The van der Waals surface area contributed by atoms with E-state index in [9.17, 15) is 0 Å². The molecular formula is C18H17N5S. The fourth-order valence-corrected chi connectivity index (χ4v) is 3.99. The molecule has 0 spiro atoms. The highest BCUT2D eigenvalue weighted by atomic mass is 32.1. The second-order valence-corrected chi connectivity index (χ2v) is 6.95. The third-order valence-electron chi connectivity index (χ3n) is 4.24. The van der Waals surface area contributed by atoms with Gasteiger partial charge < -0.3 is 4.90 Å². The van der Waals surface area contributed by atoms with Gasteiger partial charge in [-0.1, -0.05) is 18.2 Å². The Morgan fingerprint density at radius 3 is 2.62 bits per heavy atom. The molecule has 1 aliphatic heterocycles.